The predicted molar refractivity (Wildman–Crippen MR) is 89.7 cm³/mol. The number of aromatic nitrogens is 3. The zero-order chi connectivity index (χ0) is 18.2. The minimum absolute atomic E-state index is 0.572. The Morgan fingerprint density at radius 1 is 1.16 bits per heavy atom. The van der Waals surface area contributed by atoms with E-state index in [1.165, 1.54) is 6.07 Å². The number of nitrogens with zero attached hydrogens (tertiary/aromatic N) is 5. The van der Waals surface area contributed by atoms with E-state index in [4.69, 9.17) is 11.6 Å². The Morgan fingerprint density at radius 2 is 1.84 bits per heavy atom. The fourth-order valence-electron chi connectivity index (χ4n) is 2.95. The molecule has 0 radical (unpaired) electrons. The molecule has 0 unspecified atom stereocenters. The van der Waals surface area contributed by atoms with Crippen LogP contribution in [0.2, 0.25) is 5.15 Å². The molecule has 0 aliphatic carbocycles. The Morgan fingerprint density at radius 3 is 2.32 bits per heavy atom. The van der Waals surface area contributed by atoms with Crippen LogP contribution in [-0.4, -0.2) is 45.8 Å². The SMILES string of the molecule is Cc1nn(C)c(Cl)c1CN1CCN(c2ccc(C(F)(F)F)cn2)CC1. The Hall–Kier alpha value is -1.80. The maximum Gasteiger partial charge on any atom is 0.417 e. The average molecular weight is 374 g/mol. The van der Waals surface area contributed by atoms with Crippen LogP contribution in [0.5, 0.6) is 0 Å². The predicted octanol–water partition coefficient (Wildman–Crippen LogP) is 3.12. The van der Waals surface area contributed by atoms with Crippen molar-refractivity contribution in [3.05, 3.63) is 40.3 Å². The van der Waals surface area contributed by atoms with E-state index in [1.807, 2.05) is 18.9 Å². The monoisotopic (exact) mass is 373 g/mol. The van der Waals surface area contributed by atoms with Crippen molar-refractivity contribution in [3.63, 3.8) is 0 Å². The van der Waals surface area contributed by atoms with Crippen molar-refractivity contribution in [3.8, 4) is 0 Å². The van der Waals surface area contributed by atoms with Gasteiger partial charge in [-0.2, -0.15) is 18.3 Å². The summed E-state index contributed by atoms with van der Waals surface area (Å²) in [4.78, 5) is 8.22. The minimum atomic E-state index is -4.36. The quantitative estimate of drug-likeness (QED) is 0.828. The van der Waals surface area contributed by atoms with E-state index >= 15 is 0 Å². The standard InChI is InChI=1S/C16H19ClF3N5/c1-11-13(15(17)23(2)22-11)10-24-5-7-25(8-6-24)14-4-3-12(9-21-14)16(18,19)20/h3-4,9H,5-8,10H2,1-2H3. The molecule has 25 heavy (non-hydrogen) atoms. The molecular weight excluding hydrogens is 355 g/mol. The summed E-state index contributed by atoms with van der Waals surface area (Å²) in [7, 11) is 1.81. The van der Waals surface area contributed by atoms with Crippen LogP contribution in [0, 0.1) is 6.92 Å². The Balaban J connectivity index is 1.60. The molecule has 0 N–H and O–H groups in total. The highest BCUT2D eigenvalue weighted by atomic mass is 35.5. The molecule has 9 heteroatoms. The van der Waals surface area contributed by atoms with E-state index in [0.29, 0.717) is 30.6 Å². The second-order valence-electron chi connectivity index (χ2n) is 6.14. The van der Waals surface area contributed by atoms with E-state index in [2.05, 4.69) is 15.0 Å². The first kappa shape index (κ1) is 18.0. The van der Waals surface area contributed by atoms with Crippen LogP contribution < -0.4 is 4.90 Å². The molecule has 0 aromatic carbocycles. The number of hydrogen-bond acceptors (Lipinski definition) is 4. The molecule has 0 amide bonds. The molecule has 0 saturated carbocycles. The van der Waals surface area contributed by atoms with Gasteiger partial charge in [-0.3, -0.25) is 9.58 Å². The third kappa shape index (κ3) is 3.90. The highest BCUT2D eigenvalue weighted by Gasteiger charge is 2.31. The van der Waals surface area contributed by atoms with Gasteiger partial charge in [-0.05, 0) is 19.1 Å². The molecule has 2 aromatic heterocycles. The second kappa shape index (κ2) is 6.84. The fraction of sp³-hybridized carbons (Fsp3) is 0.500. The van der Waals surface area contributed by atoms with Crippen LogP contribution >= 0.6 is 11.6 Å². The van der Waals surface area contributed by atoms with Crippen LogP contribution in [0.3, 0.4) is 0 Å². The molecule has 1 aliphatic rings. The molecule has 2 aromatic rings. The lowest BCUT2D eigenvalue weighted by Crippen LogP contribution is -2.46. The largest absolute Gasteiger partial charge is 0.417 e. The smallest absolute Gasteiger partial charge is 0.354 e. The number of pyridine rings is 1. The van der Waals surface area contributed by atoms with Crippen LogP contribution in [0.15, 0.2) is 18.3 Å². The molecule has 136 valence electrons. The number of alkyl halides is 3. The molecule has 1 saturated heterocycles. The number of anilines is 1. The summed E-state index contributed by atoms with van der Waals surface area (Å²) in [5.74, 6) is 0.572. The minimum Gasteiger partial charge on any atom is -0.354 e. The van der Waals surface area contributed by atoms with Crippen LogP contribution in [0.1, 0.15) is 16.8 Å². The van der Waals surface area contributed by atoms with Crippen LogP contribution in [0.25, 0.3) is 0 Å². The van der Waals surface area contributed by atoms with E-state index < -0.39 is 11.7 Å². The molecule has 1 aliphatic heterocycles. The number of rotatable bonds is 3. The summed E-state index contributed by atoms with van der Waals surface area (Å²) in [5, 5.41) is 4.96. The first-order valence-corrected chi connectivity index (χ1v) is 8.32. The summed E-state index contributed by atoms with van der Waals surface area (Å²) in [6, 6.07) is 2.51. The molecule has 3 heterocycles. The first-order chi connectivity index (χ1) is 11.8. The van der Waals surface area contributed by atoms with Gasteiger partial charge in [0, 0.05) is 51.5 Å². The van der Waals surface area contributed by atoms with E-state index in [0.717, 1.165) is 36.6 Å². The Labute approximate surface area is 149 Å². The lowest BCUT2D eigenvalue weighted by atomic mass is 10.2. The maximum atomic E-state index is 12.6. The van der Waals surface area contributed by atoms with Crippen molar-refractivity contribution in [2.75, 3.05) is 31.1 Å². The van der Waals surface area contributed by atoms with Crippen LogP contribution in [-0.2, 0) is 19.8 Å². The highest BCUT2D eigenvalue weighted by molar-refractivity contribution is 6.30. The number of piperazine rings is 1. The van der Waals surface area contributed by atoms with E-state index in [1.54, 1.807) is 4.68 Å². The number of halogens is 4. The van der Waals surface area contributed by atoms with Gasteiger partial charge in [-0.25, -0.2) is 4.98 Å². The molecule has 0 bridgehead atoms. The van der Waals surface area contributed by atoms with Gasteiger partial charge in [0.1, 0.15) is 11.0 Å². The van der Waals surface area contributed by atoms with Gasteiger partial charge < -0.3 is 4.90 Å². The lowest BCUT2D eigenvalue weighted by molar-refractivity contribution is -0.137. The molecule has 5 nitrogen and oxygen atoms in total. The average Bonchev–Trinajstić information content (AvgIpc) is 2.81. The molecule has 3 rings (SSSR count). The Bertz CT molecular complexity index is 733. The van der Waals surface area contributed by atoms with Gasteiger partial charge in [-0.1, -0.05) is 11.6 Å². The third-order valence-corrected chi connectivity index (χ3v) is 4.90. The normalized spacial score (nSPS) is 16.5. The van der Waals surface area contributed by atoms with E-state index in [-0.39, 0.29) is 0 Å². The summed E-state index contributed by atoms with van der Waals surface area (Å²) in [6.07, 6.45) is -3.47. The van der Waals surface area contributed by atoms with Gasteiger partial charge in [0.2, 0.25) is 0 Å². The zero-order valence-electron chi connectivity index (χ0n) is 14.0. The van der Waals surface area contributed by atoms with Crippen molar-refractivity contribution >= 4 is 17.4 Å². The highest BCUT2D eigenvalue weighted by Crippen LogP contribution is 2.29. The van der Waals surface area contributed by atoms with Gasteiger partial charge in [0.25, 0.3) is 0 Å². The van der Waals surface area contributed by atoms with Crippen molar-refractivity contribution in [2.24, 2.45) is 7.05 Å². The fourth-order valence-corrected chi connectivity index (χ4v) is 3.19. The van der Waals surface area contributed by atoms with Gasteiger partial charge >= 0.3 is 6.18 Å². The van der Waals surface area contributed by atoms with Gasteiger partial charge in [0.15, 0.2) is 0 Å². The summed E-state index contributed by atoms with van der Waals surface area (Å²) < 4.78 is 39.5. The summed E-state index contributed by atoms with van der Waals surface area (Å²) >= 11 is 6.27. The molecule has 0 atom stereocenters. The summed E-state index contributed by atoms with van der Waals surface area (Å²) in [5.41, 5.74) is 1.21. The number of hydrogen-bond donors (Lipinski definition) is 0. The molecule has 0 spiro atoms. The second-order valence-corrected chi connectivity index (χ2v) is 6.50. The van der Waals surface area contributed by atoms with Crippen molar-refractivity contribution in [1.82, 2.24) is 19.7 Å². The molecular formula is C16H19ClF3N5. The van der Waals surface area contributed by atoms with Crippen LogP contribution in [0.4, 0.5) is 19.0 Å². The van der Waals surface area contributed by atoms with Crippen molar-refractivity contribution in [2.45, 2.75) is 19.6 Å². The van der Waals surface area contributed by atoms with Crippen molar-refractivity contribution in [1.29, 1.82) is 0 Å². The Kier molecular flexibility index (Phi) is 4.92. The zero-order valence-corrected chi connectivity index (χ0v) is 14.8. The van der Waals surface area contributed by atoms with Crippen molar-refractivity contribution < 1.29 is 13.2 Å². The topological polar surface area (TPSA) is 37.2 Å². The number of aryl methyl sites for hydroxylation is 2. The third-order valence-electron chi connectivity index (χ3n) is 4.42. The van der Waals surface area contributed by atoms with Gasteiger partial charge in [0.05, 0.1) is 11.3 Å². The lowest BCUT2D eigenvalue weighted by Gasteiger charge is -2.35. The molecule has 1 fully saturated rings. The van der Waals surface area contributed by atoms with E-state index in [9.17, 15) is 13.2 Å². The van der Waals surface area contributed by atoms with Gasteiger partial charge in [-0.15, -0.1) is 0 Å². The summed E-state index contributed by atoms with van der Waals surface area (Å²) in [6.45, 7) is 5.63. The first-order valence-electron chi connectivity index (χ1n) is 7.94. The maximum absolute atomic E-state index is 12.6.